The van der Waals surface area contributed by atoms with Crippen LogP contribution in [-0.2, 0) is 4.79 Å². The van der Waals surface area contributed by atoms with Gasteiger partial charge < -0.3 is 5.32 Å². The molecule has 1 aromatic rings. The average Bonchev–Trinajstić information content (AvgIpc) is 3.05. The van der Waals surface area contributed by atoms with E-state index in [1.165, 1.54) is 5.56 Å². The normalized spacial score (nSPS) is 32.0. The summed E-state index contributed by atoms with van der Waals surface area (Å²) in [5.74, 6) is -2.74. The summed E-state index contributed by atoms with van der Waals surface area (Å²) in [7, 11) is 0. The highest BCUT2D eigenvalue weighted by Gasteiger charge is 2.45. The quantitative estimate of drug-likeness (QED) is 0.873. The van der Waals surface area contributed by atoms with Gasteiger partial charge in [-0.25, -0.2) is 8.78 Å². The van der Waals surface area contributed by atoms with Gasteiger partial charge in [0, 0.05) is 18.4 Å². The fraction of sp³-hybridized carbons (Fsp3) is 0.500. The highest BCUT2D eigenvalue weighted by molar-refractivity contribution is 5.83. The Kier molecular flexibility index (Phi) is 3.01. The van der Waals surface area contributed by atoms with Crippen LogP contribution in [0.1, 0.15) is 24.3 Å². The predicted octanol–water partition coefficient (Wildman–Crippen LogP) is 1.66. The molecule has 0 bridgehead atoms. The number of nitrogens with one attached hydrogen (secondary N) is 2. The zero-order valence-electron chi connectivity index (χ0n) is 10.4. The summed E-state index contributed by atoms with van der Waals surface area (Å²) in [5, 5.41) is 5.42. The number of rotatable bonds is 3. The van der Waals surface area contributed by atoms with Crippen LogP contribution in [0.5, 0.6) is 0 Å². The van der Waals surface area contributed by atoms with Crippen molar-refractivity contribution in [2.75, 3.05) is 6.54 Å². The number of carbonyl (C=O) groups excluding carboxylic acids is 1. The molecule has 0 aromatic heterocycles. The van der Waals surface area contributed by atoms with Gasteiger partial charge in [-0.05, 0) is 12.0 Å². The first-order valence-corrected chi connectivity index (χ1v) is 6.52. The first kappa shape index (κ1) is 12.5. The van der Waals surface area contributed by atoms with Crippen molar-refractivity contribution in [2.24, 2.45) is 0 Å². The first-order valence-electron chi connectivity index (χ1n) is 6.52. The van der Waals surface area contributed by atoms with Crippen LogP contribution in [0.15, 0.2) is 30.3 Å². The van der Waals surface area contributed by atoms with Crippen LogP contribution in [0, 0.1) is 0 Å². The molecule has 1 heterocycles. The fourth-order valence-corrected chi connectivity index (χ4v) is 2.61. The number of hydrogen-bond acceptors (Lipinski definition) is 2. The molecule has 3 unspecified atom stereocenters. The van der Waals surface area contributed by atoms with E-state index in [9.17, 15) is 13.6 Å². The van der Waals surface area contributed by atoms with Gasteiger partial charge in [-0.1, -0.05) is 30.3 Å². The molecule has 1 amide bonds. The van der Waals surface area contributed by atoms with Crippen molar-refractivity contribution in [1.82, 2.24) is 10.6 Å². The Morgan fingerprint density at radius 2 is 2.05 bits per heavy atom. The summed E-state index contributed by atoms with van der Waals surface area (Å²) >= 11 is 0. The van der Waals surface area contributed by atoms with Crippen molar-refractivity contribution in [2.45, 2.75) is 36.8 Å². The molecule has 3 rings (SSSR count). The molecule has 1 aliphatic heterocycles. The maximum absolute atomic E-state index is 13.0. The van der Waals surface area contributed by atoms with E-state index in [4.69, 9.17) is 0 Å². The summed E-state index contributed by atoms with van der Waals surface area (Å²) < 4.78 is 26.0. The zero-order valence-corrected chi connectivity index (χ0v) is 10.4. The van der Waals surface area contributed by atoms with E-state index in [1.807, 2.05) is 30.3 Å². The van der Waals surface area contributed by atoms with E-state index in [0.29, 0.717) is 5.92 Å². The van der Waals surface area contributed by atoms with Crippen molar-refractivity contribution in [3.05, 3.63) is 35.9 Å². The van der Waals surface area contributed by atoms with E-state index in [2.05, 4.69) is 10.6 Å². The van der Waals surface area contributed by atoms with Crippen LogP contribution in [0.4, 0.5) is 8.78 Å². The second-order valence-electron chi connectivity index (χ2n) is 5.36. The van der Waals surface area contributed by atoms with Crippen LogP contribution >= 0.6 is 0 Å². The lowest BCUT2D eigenvalue weighted by Gasteiger charge is -2.11. The number of hydrogen-bond donors (Lipinski definition) is 2. The third-order valence-electron chi connectivity index (χ3n) is 3.77. The molecule has 3 nitrogen and oxygen atoms in total. The monoisotopic (exact) mass is 266 g/mol. The van der Waals surface area contributed by atoms with Gasteiger partial charge >= 0.3 is 0 Å². The van der Waals surface area contributed by atoms with Crippen LogP contribution in [0.3, 0.4) is 0 Å². The molecule has 5 heteroatoms. The van der Waals surface area contributed by atoms with Crippen LogP contribution in [0.2, 0.25) is 0 Å². The molecule has 3 atom stereocenters. The molecule has 1 aliphatic carbocycles. The molecule has 2 N–H and O–H groups in total. The Morgan fingerprint density at radius 1 is 1.32 bits per heavy atom. The maximum atomic E-state index is 13.0. The van der Waals surface area contributed by atoms with Gasteiger partial charge in [0.05, 0.1) is 12.6 Å². The predicted molar refractivity (Wildman–Crippen MR) is 67.1 cm³/mol. The second-order valence-corrected chi connectivity index (χ2v) is 5.36. The molecular formula is C14H16F2N2O. The minimum absolute atomic E-state index is 0.0888. The van der Waals surface area contributed by atoms with Gasteiger partial charge in [-0.2, -0.15) is 0 Å². The summed E-state index contributed by atoms with van der Waals surface area (Å²) in [5.41, 5.74) is 1.19. The Bertz CT molecular complexity index is 478. The third-order valence-corrected chi connectivity index (χ3v) is 3.77. The van der Waals surface area contributed by atoms with Crippen molar-refractivity contribution >= 4 is 5.91 Å². The van der Waals surface area contributed by atoms with E-state index >= 15 is 0 Å². The molecule has 102 valence electrons. The lowest BCUT2D eigenvalue weighted by atomic mass is 10.1. The number of benzene rings is 1. The maximum Gasteiger partial charge on any atom is 0.262 e. The Hall–Kier alpha value is -1.49. The largest absolute Gasteiger partial charge is 0.351 e. The molecular weight excluding hydrogens is 250 g/mol. The van der Waals surface area contributed by atoms with Crippen LogP contribution in [0.25, 0.3) is 0 Å². The third kappa shape index (κ3) is 2.76. The molecule has 1 saturated heterocycles. The summed E-state index contributed by atoms with van der Waals surface area (Å²) in [6, 6.07) is 9.26. The number of amides is 1. The topological polar surface area (TPSA) is 41.1 Å². The van der Waals surface area contributed by atoms with Crippen molar-refractivity contribution in [3.8, 4) is 0 Å². The molecule has 0 spiro atoms. The van der Waals surface area contributed by atoms with Crippen LogP contribution < -0.4 is 10.6 Å². The lowest BCUT2D eigenvalue weighted by molar-refractivity contribution is -0.123. The first-order chi connectivity index (χ1) is 9.05. The van der Waals surface area contributed by atoms with Gasteiger partial charge in [-0.15, -0.1) is 0 Å². The summed E-state index contributed by atoms with van der Waals surface area (Å²) in [6.45, 7) is -0.405. The zero-order chi connectivity index (χ0) is 13.5. The molecule has 1 saturated carbocycles. The minimum Gasteiger partial charge on any atom is -0.351 e. The van der Waals surface area contributed by atoms with Crippen molar-refractivity contribution in [3.63, 3.8) is 0 Å². The fourth-order valence-electron chi connectivity index (χ4n) is 2.61. The van der Waals surface area contributed by atoms with E-state index in [0.717, 1.165) is 6.42 Å². The average molecular weight is 266 g/mol. The van der Waals surface area contributed by atoms with Gasteiger partial charge in [0.1, 0.15) is 0 Å². The second kappa shape index (κ2) is 4.56. The molecule has 19 heavy (non-hydrogen) atoms. The number of carbonyl (C=O) groups is 1. The smallest absolute Gasteiger partial charge is 0.262 e. The number of halogens is 2. The van der Waals surface area contributed by atoms with Gasteiger partial charge in [0.25, 0.3) is 5.92 Å². The Morgan fingerprint density at radius 3 is 2.68 bits per heavy atom. The van der Waals surface area contributed by atoms with Crippen molar-refractivity contribution in [1.29, 1.82) is 0 Å². The molecule has 2 aliphatic rings. The molecule has 1 aromatic carbocycles. The highest BCUT2D eigenvalue weighted by Crippen LogP contribution is 2.40. The minimum atomic E-state index is -2.76. The molecule has 2 fully saturated rings. The standard InChI is InChI=1S/C14H16F2N2O/c15-14(16)7-12(17-8-14)13(19)18-11-6-10(11)9-4-2-1-3-5-9/h1-5,10-12,17H,6-8H2,(H,18,19). The highest BCUT2D eigenvalue weighted by atomic mass is 19.3. The van der Waals surface area contributed by atoms with Gasteiger partial charge in [0.15, 0.2) is 0 Å². The van der Waals surface area contributed by atoms with E-state index < -0.39 is 24.9 Å². The number of alkyl halides is 2. The Labute approximate surface area is 110 Å². The van der Waals surface area contributed by atoms with Crippen molar-refractivity contribution < 1.29 is 13.6 Å². The Balaban J connectivity index is 1.53. The van der Waals surface area contributed by atoms with E-state index in [1.54, 1.807) is 0 Å². The lowest BCUT2D eigenvalue weighted by Crippen LogP contribution is -2.41. The molecule has 0 radical (unpaired) electrons. The summed E-state index contributed by atoms with van der Waals surface area (Å²) in [6.07, 6.45) is 0.487. The van der Waals surface area contributed by atoms with Gasteiger partial charge in [-0.3, -0.25) is 10.1 Å². The SMILES string of the molecule is O=C(NC1CC1c1ccccc1)C1CC(F)(F)CN1. The van der Waals surface area contributed by atoms with Gasteiger partial charge in [0.2, 0.25) is 5.91 Å². The summed E-state index contributed by atoms with van der Waals surface area (Å²) in [4.78, 5) is 11.9. The van der Waals surface area contributed by atoms with E-state index in [-0.39, 0.29) is 11.9 Å². The van der Waals surface area contributed by atoms with Crippen LogP contribution in [-0.4, -0.2) is 30.5 Å².